The van der Waals surface area contributed by atoms with Crippen molar-refractivity contribution in [3.63, 3.8) is 0 Å². The van der Waals surface area contributed by atoms with Crippen LogP contribution in [0.15, 0.2) is 0 Å². The van der Waals surface area contributed by atoms with Gasteiger partial charge in [0.05, 0.1) is 0 Å². The van der Waals surface area contributed by atoms with Crippen molar-refractivity contribution in [2.45, 2.75) is 0 Å². The largest absolute Gasteiger partial charge is 3.00 e. The van der Waals surface area contributed by atoms with Gasteiger partial charge in [-0.2, -0.15) is 0 Å². The van der Waals surface area contributed by atoms with Gasteiger partial charge in [-0.15, -0.1) is 0 Å². The quantitative estimate of drug-likeness (QED) is 0.247. The summed E-state index contributed by atoms with van der Waals surface area (Å²) in [6.45, 7) is 0. The minimum Gasteiger partial charge on any atom is 3.00 e. The van der Waals surface area contributed by atoms with Gasteiger partial charge in [-0.3, -0.25) is 0 Å². The van der Waals surface area contributed by atoms with Crippen LogP contribution in [-0.2, 0) is 55.0 Å². The molecule has 14 heteroatoms. The van der Waals surface area contributed by atoms with Crippen LogP contribution >= 0.6 is 0 Å². The molecule has 9 nitrogen and oxygen atoms in total. The summed E-state index contributed by atoms with van der Waals surface area (Å²) in [6, 6.07) is 0. The summed E-state index contributed by atoms with van der Waals surface area (Å²) in [5.74, 6) is 0. The van der Waals surface area contributed by atoms with E-state index in [2.05, 4.69) is 0 Å². The summed E-state index contributed by atoms with van der Waals surface area (Å²) in [6.07, 6.45) is 0. The van der Waals surface area contributed by atoms with Crippen LogP contribution in [0.2, 0.25) is 0 Å². The number of rotatable bonds is 0. The summed E-state index contributed by atoms with van der Waals surface area (Å²) < 4.78 is 76.7. The monoisotopic (exact) mass is 591 g/mol. The molecule has 14 heavy (non-hydrogen) atoms. The first-order valence-electron chi connectivity index (χ1n) is 1.39. The van der Waals surface area contributed by atoms with Gasteiger partial charge < -0.3 is 0 Å². The van der Waals surface area contributed by atoms with E-state index >= 15 is 0 Å². The van der Waals surface area contributed by atoms with E-state index in [1.165, 1.54) is 0 Å². The number of hydrogen-bond acceptors (Lipinski definition) is 9. The van der Waals surface area contributed by atoms with E-state index in [0.29, 0.717) is 0 Å². The van der Waals surface area contributed by atoms with Gasteiger partial charge in [-0.25, -0.2) is 0 Å². The zero-order valence-corrected chi connectivity index (χ0v) is 16.9. The molecule has 0 aromatic heterocycles. The van der Waals surface area contributed by atoms with Crippen molar-refractivity contribution in [1.82, 2.24) is 0 Å². The van der Waals surface area contributed by atoms with E-state index in [1.54, 1.807) is 0 Å². The van der Waals surface area contributed by atoms with E-state index in [9.17, 15) is 0 Å². The Balaban J connectivity index is -0.0000000270. The van der Waals surface area contributed by atoms with Crippen LogP contribution in [0, 0.1) is 82.6 Å². The van der Waals surface area contributed by atoms with E-state index in [1.807, 2.05) is 0 Å². The zero-order chi connectivity index (χ0) is 10.7. The third-order valence-corrected chi connectivity index (χ3v) is 0. The second-order valence-electron chi connectivity index (χ2n) is 0.567. The molecule has 0 rings (SSSR count). The predicted molar refractivity (Wildman–Crippen MR) is 2.06 cm³/mol. The van der Waals surface area contributed by atoms with Gasteiger partial charge in [-0.1, -0.05) is 0 Å². The van der Waals surface area contributed by atoms with E-state index < -0.39 is 43.5 Å². The van der Waals surface area contributed by atoms with Crippen LogP contribution < -0.4 is 25.1 Å². The molecule has 0 atom stereocenters. The first-order chi connectivity index (χ1) is 5.20. The Hall–Kier alpha value is 3.45. The minimum atomic E-state index is -3.65. The average Bonchev–Trinajstić information content (AvgIpc) is 1.54. The standard InChI is InChI=1S/3Mn.9O.2Pr/q;;;;;;6*-1;2*+3. The molecule has 0 aromatic carbocycles. The van der Waals surface area contributed by atoms with Crippen LogP contribution in [-0.4, -0.2) is 0 Å². The molecule has 0 aromatic rings. The second kappa shape index (κ2) is 25.3. The summed E-state index contributed by atoms with van der Waals surface area (Å²) in [5, 5.41) is 0. The maximum atomic E-state index is 8.52. The smallest absolute Gasteiger partial charge is 3.00 e. The van der Waals surface area contributed by atoms with Gasteiger partial charge in [0.1, 0.15) is 0 Å². The van der Waals surface area contributed by atoms with Gasteiger partial charge >= 0.3 is 163 Å². The van der Waals surface area contributed by atoms with Gasteiger partial charge in [0.2, 0.25) is 0 Å². The van der Waals surface area contributed by atoms with Gasteiger partial charge in [0.15, 0.2) is 0 Å². The zero-order valence-electron chi connectivity index (χ0n) is 5.96. The van der Waals surface area contributed by atoms with E-state index in [4.69, 9.17) is 36.6 Å². The molecular formula is Mn3O9Pr2. The van der Waals surface area contributed by atoms with Crippen molar-refractivity contribution in [2.75, 3.05) is 0 Å². The molecule has 0 bridgehead atoms. The maximum Gasteiger partial charge on any atom is 3.00 e. The maximum absolute atomic E-state index is 8.52. The molecule has 0 spiro atoms. The van der Waals surface area contributed by atoms with E-state index in [0.717, 1.165) is 0 Å². The predicted octanol–water partition coefficient (Wildman–Crippen LogP) is -7.50. The molecule has 0 aliphatic carbocycles. The number of hydrogen-bond donors (Lipinski definition) is 0. The van der Waals surface area contributed by atoms with Crippen molar-refractivity contribution in [3.05, 3.63) is 0 Å². The normalized spacial score (nSPS) is 7.50. The average molecular weight is 591 g/mol. The first-order valence-corrected chi connectivity index (χ1v) is 5.73. The molecular weight excluding hydrogens is 591 g/mol. The molecule has 0 saturated heterocycles. The molecule has 0 unspecified atom stereocenters. The molecule has 0 amide bonds. The summed E-state index contributed by atoms with van der Waals surface area (Å²) >= 11 is -10.9. The molecule has 0 saturated carbocycles. The molecule has 0 fully saturated rings. The van der Waals surface area contributed by atoms with Crippen molar-refractivity contribution in [1.29, 1.82) is 0 Å². The summed E-state index contributed by atoms with van der Waals surface area (Å²) in [5.41, 5.74) is 0. The SMILES string of the molecule is [O]=[Mn]([O-])[O-].[O]=[Mn]([O-])[O-].[O]=[Mn]([O-])[O-].[Pr+3].[Pr+3]. The molecule has 0 aliphatic heterocycles. The third kappa shape index (κ3) is 271. The first kappa shape index (κ1) is 30.5. The Morgan fingerprint density at radius 3 is 0.500 bits per heavy atom. The molecule has 0 radical (unpaired) electrons. The Kier molecular flexibility index (Phi) is 55.1. The molecule has 81 valence electrons. The fourth-order valence-electron chi connectivity index (χ4n) is 0. The summed E-state index contributed by atoms with van der Waals surface area (Å²) in [4.78, 5) is 0. The topological polar surface area (TPSA) is 190 Å². The minimum absolute atomic E-state index is 0. The van der Waals surface area contributed by atoms with Crippen molar-refractivity contribution in [2.24, 2.45) is 0 Å². The van der Waals surface area contributed by atoms with Crippen LogP contribution in [0.4, 0.5) is 0 Å². The fourth-order valence-corrected chi connectivity index (χ4v) is 0. The Labute approximate surface area is 159 Å². The van der Waals surface area contributed by atoms with E-state index in [-0.39, 0.29) is 82.6 Å². The Bertz CT molecular complexity index is 116. The van der Waals surface area contributed by atoms with Crippen LogP contribution in [0.5, 0.6) is 0 Å². The third-order valence-electron chi connectivity index (χ3n) is 0. The van der Waals surface area contributed by atoms with Gasteiger partial charge in [-0.05, 0) is 0 Å². The van der Waals surface area contributed by atoms with Gasteiger partial charge in [0.25, 0.3) is 0 Å². The van der Waals surface area contributed by atoms with Gasteiger partial charge in [0, 0.05) is 0 Å². The fraction of sp³-hybridized carbons (Fsp3) is 0. The van der Waals surface area contributed by atoms with Crippen LogP contribution in [0.3, 0.4) is 0 Å². The van der Waals surface area contributed by atoms with Crippen molar-refractivity contribution >= 4 is 0 Å². The Morgan fingerprint density at radius 2 is 0.500 bits per heavy atom. The molecule has 0 aliphatic rings. The Morgan fingerprint density at radius 1 is 0.500 bits per heavy atom. The molecule has 0 N–H and O–H groups in total. The summed E-state index contributed by atoms with van der Waals surface area (Å²) in [7, 11) is 0. The second-order valence-corrected chi connectivity index (χ2v) is 2.34. The molecule has 0 heterocycles. The van der Waals surface area contributed by atoms with Crippen LogP contribution in [0.25, 0.3) is 0 Å². The van der Waals surface area contributed by atoms with Crippen LogP contribution in [0.1, 0.15) is 0 Å². The van der Waals surface area contributed by atoms with Crippen molar-refractivity contribution in [3.8, 4) is 0 Å². The van der Waals surface area contributed by atoms with Crippen molar-refractivity contribution < 1.29 is 163 Å².